The van der Waals surface area contributed by atoms with Gasteiger partial charge in [-0.05, 0) is 6.07 Å². The molecule has 12 heavy (non-hydrogen) atoms. The zero-order chi connectivity index (χ0) is 9.14. The minimum absolute atomic E-state index is 0.00461. The predicted molar refractivity (Wildman–Crippen MR) is 40.9 cm³/mol. The Labute approximate surface area is 73.0 Å². The highest BCUT2D eigenvalue weighted by Crippen LogP contribution is 2.21. The lowest BCUT2D eigenvalue weighted by atomic mass is 10.1. The van der Waals surface area contributed by atoms with E-state index in [1.165, 1.54) is 12.1 Å². The van der Waals surface area contributed by atoms with E-state index < -0.39 is 12.2 Å². The maximum atomic E-state index is 12.8. The second-order valence-electron chi connectivity index (χ2n) is 2.29. The molecule has 0 heterocycles. The Kier molecular flexibility index (Phi) is 2.98. The van der Waals surface area contributed by atoms with Crippen LogP contribution < -0.4 is 0 Å². The van der Waals surface area contributed by atoms with Crippen LogP contribution in [0, 0.1) is 5.82 Å². The molecule has 0 saturated carbocycles. The average molecular weight is 195 g/mol. The van der Waals surface area contributed by atoms with Crippen molar-refractivity contribution in [1.29, 1.82) is 0 Å². The summed E-state index contributed by atoms with van der Waals surface area (Å²) >= 11 is 5.34. The summed E-state index contributed by atoms with van der Waals surface area (Å²) in [6.07, 6.45) is -2.64. The number of rotatable bonds is 2. The van der Waals surface area contributed by atoms with Crippen molar-refractivity contribution in [3.8, 4) is 0 Å². The van der Waals surface area contributed by atoms with Crippen LogP contribution in [0.5, 0.6) is 0 Å². The first-order valence-corrected chi connectivity index (χ1v) is 3.81. The first-order valence-electron chi connectivity index (χ1n) is 3.27. The Morgan fingerprint density at radius 1 is 1.33 bits per heavy atom. The molecule has 0 spiro atoms. The van der Waals surface area contributed by atoms with Crippen LogP contribution in [0.1, 0.15) is 17.6 Å². The molecule has 0 aliphatic rings. The fraction of sp³-hybridized carbons (Fsp3) is 0.250. The molecule has 0 saturated heterocycles. The van der Waals surface area contributed by atoms with E-state index in [9.17, 15) is 13.2 Å². The molecule has 0 fully saturated rings. The molecule has 1 aromatic rings. The molecule has 0 amide bonds. The minimum Gasteiger partial charge on any atom is -0.207 e. The van der Waals surface area contributed by atoms with Crippen LogP contribution in [0.15, 0.2) is 18.2 Å². The normalized spacial score (nSPS) is 10.8. The second kappa shape index (κ2) is 3.81. The molecule has 0 aliphatic heterocycles. The highest BCUT2D eigenvalue weighted by molar-refractivity contribution is 6.17. The zero-order valence-corrected chi connectivity index (χ0v) is 6.78. The average Bonchev–Trinajstić information content (AvgIpc) is 2.04. The zero-order valence-electron chi connectivity index (χ0n) is 6.03. The Balaban J connectivity index is 3.02. The smallest absolute Gasteiger partial charge is 0.207 e. The van der Waals surface area contributed by atoms with Gasteiger partial charge in [-0.3, -0.25) is 0 Å². The lowest BCUT2D eigenvalue weighted by molar-refractivity contribution is 0.151. The second-order valence-corrected chi connectivity index (χ2v) is 2.55. The van der Waals surface area contributed by atoms with E-state index in [-0.39, 0.29) is 17.0 Å². The van der Waals surface area contributed by atoms with Crippen LogP contribution in [0.25, 0.3) is 0 Å². The van der Waals surface area contributed by atoms with Crippen molar-refractivity contribution < 1.29 is 13.2 Å². The molecular formula is C8H6ClF3. The Bertz CT molecular complexity index is 273. The molecule has 0 nitrogen and oxygen atoms in total. The van der Waals surface area contributed by atoms with Gasteiger partial charge >= 0.3 is 0 Å². The van der Waals surface area contributed by atoms with Gasteiger partial charge in [0, 0.05) is 11.1 Å². The summed E-state index contributed by atoms with van der Waals surface area (Å²) in [7, 11) is 0. The molecule has 4 heteroatoms. The predicted octanol–water partition coefficient (Wildman–Crippen LogP) is 3.50. The van der Waals surface area contributed by atoms with Crippen molar-refractivity contribution in [2.24, 2.45) is 0 Å². The lowest BCUT2D eigenvalue weighted by Gasteiger charge is -2.01. The fourth-order valence-corrected chi connectivity index (χ4v) is 1.02. The van der Waals surface area contributed by atoms with Crippen LogP contribution in [0.2, 0.25) is 0 Å². The van der Waals surface area contributed by atoms with E-state index in [4.69, 9.17) is 11.6 Å². The SMILES string of the molecule is Fc1cc(C(F)F)ccc1CCl. The van der Waals surface area contributed by atoms with Crippen LogP contribution in [-0.4, -0.2) is 0 Å². The third-order valence-corrected chi connectivity index (χ3v) is 1.76. The third-order valence-electron chi connectivity index (χ3n) is 1.47. The molecule has 1 rings (SSSR count). The topological polar surface area (TPSA) is 0 Å². The van der Waals surface area contributed by atoms with Gasteiger partial charge in [-0.25, -0.2) is 13.2 Å². The number of alkyl halides is 3. The number of hydrogen-bond acceptors (Lipinski definition) is 0. The van der Waals surface area contributed by atoms with Gasteiger partial charge in [0.05, 0.1) is 5.88 Å². The highest BCUT2D eigenvalue weighted by atomic mass is 35.5. The van der Waals surface area contributed by atoms with Crippen molar-refractivity contribution in [3.63, 3.8) is 0 Å². The summed E-state index contributed by atoms with van der Waals surface area (Å²) in [6, 6.07) is 3.25. The third kappa shape index (κ3) is 1.91. The van der Waals surface area contributed by atoms with Crippen molar-refractivity contribution in [2.75, 3.05) is 0 Å². The lowest BCUT2D eigenvalue weighted by Crippen LogP contribution is -1.90. The van der Waals surface area contributed by atoms with Gasteiger partial charge in [0.1, 0.15) is 5.82 Å². The molecule has 0 radical (unpaired) electrons. The maximum Gasteiger partial charge on any atom is 0.263 e. The van der Waals surface area contributed by atoms with Gasteiger partial charge in [0.15, 0.2) is 0 Å². The molecule has 0 N–H and O–H groups in total. The standard InChI is InChI=1S/C8H6ClF3/c9-4-6-2-1-5(8(11)12)3-7(6)10/h1-3,8H,4H2. The Hall–Kier alpha value is -0.700. The highest BCUT2D eigenvalue weighted by Gasteiger charge is 2.09. The molecule has 0 unspecified atom stereocenters. The first kappa shape index (κ1) is 9.39. The number of halogens is 4. The van der Waals surface area contributed by atoms with Crippen molar-refractivity contribution in [2.45, 2.75) is 12.3 Å². The van der Waals surface area contributed by atoms with E-state index in [0.717, 1.165) is 6.07 Å². The first-order chi connectivity index (χ1) is 5.65. The van der Waals surface area contributed by atoms with Gasteiger partial charge in [-0.2, -0.15) is 0 Å². The van der Waals surface area contributed by atoms with Gasteiger partial charge in [-0.15, -0.1) is 11.6 Å². The molecular weight excluding hydrogens is 189 g/mol. The van der Waals surface area contributed by atoms with Crippen LogP contribution >= 0.6 is 11.6 Å². The van der Waals surface area contributed by atoms with Gasteiger partial charge in [0.2, 0.25) is 0 Å². The number of benzene rings is 1. The van der Waals surface area contributed by atoms with Gasteiger partial charge < -0.3 is 0 Å². The molecule has 0 aromatic heterocycles. The van der Waals surface area contributed by atoms with Crippen LogP contribution in [-0.2, 0) is 5.88 Å². The molecule has 1 aromatic carbocycles. The van der Waals surface area contributed by atoms with E-state index in [0.29, 0.717) is 0 Å². The monoisotopic (exact) mass is 194 g/mol. The summed E-state index contributed by atoms with van der Waals surface area (Å²) in [5.41, 5.74) is -0.0811. The molecule has 0 aliphatic carbocycles. The minimum atomic E-state index is -2.64. The summed E-state index contributed by atoms with van der Waals surface area (Å²) in [5.74, 6) is -0.683. The van der Waals surface area contributed by atoms with E-state index in [1.807, 2.05) is 0 Å². The summed E-state index contributed by atoms with van der Waals surface area (Å²) in [6.45, 7) is 0. The summed E-state index contributed by atoms with van der Waals surface area (Å²) < 4.78 is 36.8. The summed E-state index contributed by atoms with van der Waals surface area (Å²) in [5, 5.41) is 0. The Morgan fingerprint density at radius 2 is 2.00 bits per heavy atom. The molecule has 66 valence electrons. The van der Waals surface area contributed by atoms with Crippen molar-refractivity contribution in [3.05, 3.63) is 35.1 Å². The molecule has 0 atom stereocenters. The maximum absolute atomic E-state index is 12.8. The van der Waals surface area contributed by atoms with Crippen molar-refractivity contribution >= 4 is 11.6 Å². The van der Waals surface area contributed by atoms with E-state index in [1.54, 1.807) is 0 Å². The van der Waals surface area contributed by atoms with Crippen LogP contribution in [0.4, 0.5) is 13.2 Å². The van der Waals surface area contributed by atoms with Gasteiger partial charge in [-0.1, -0.05) is 12.1 Å². The molecule has 0 bridgehead atoms. The van der Waals surface area contributed by atoms with E-state index >= 15 is 0 Å². The van der Waals surface area contributed by atoms with E-state index in [2.05, 4.69) is 0 Å². The van der Waals surface area contributed by atoms with Crippen LogP contribution in [0.3, 0.4) is 0 Å². The van der Waals surface area contributed by atoms with Gasteiger partial charge in [0.25, 0.3) is 6.43 Å². The summed E-state index contributed by atoms with van der Waals surface area (Å²) in [4.78, 5) is 0. The number of hydrogen-bond donors (Lipinski definition) is 0. The largest absolute Gasteiger partial charge is 0.263 e. The Morgan fingerprint density at radius 3 is 2.42 bits per heavy atom. The fourth-order valence-electron chi connectivity index (χ4n) is 0.808. The van der Waals surface area contributed by atoms with Crippen molar-refractivity contribution in [1.82, 2.24) is 0 Å². The quantitative estimate of drug-likeness (QED) is 0.632.